The summed E-state index contributed by atoms with van der Waals surface area (Å²) in [5.41, 5.74) is 1.72. The number of alkyl halides is 3. The van der Waals surface area contributed by atoms with Crippen molar-refractivity contribution in [1.82, 2.24) is 5.43 Å². The Morgan fingerprint density at radius 2 is 1.69 bits per heavy atom. The van der Waals surface area contributed by atoms with E-state index in [2.05, 4.69) is 15.8 Å². The fraction of sp³-hybridized carbons (Fsp3) is 0.174. The van der Waals surface area contributed by atoms with Crippen LogP contribution in [0, 0.1) is 0 Å². The van der Waals surface area contributed by atoms with Crippen molar-refractivity contribution in [2.75, 3.05) is 11.9 Å². The lowest BCUT2D eigenvalue weighted by atomic mass is 10.1. The minimum atomic E-state index is -4.50. The maximum absolute atomic E-state index is 12.8. The Morgan fingerprint density at radius 1 is 0.969 bits per heavy atom. The molecule has 6 nitrogen and oxygen atoms in total. The zero-order valence-corrected chi connectivity index (χ0v) is 17.1. The van der Waals surface area contributed by atoms with Gasteiger partial charge in [-0.05, 0) is 36.6 Å². The standard InChI is InChI=1S/C23H20F3N3O3/c1-15(12-21(30)27-18-9-5-8-17(13-18)23(24,25)26)28-29-22(31)14-32-20-11-4-7-16-6-2-3-10-19(16)20/h2-11,13H,12,14H2,1H3,(H,27,30)(H,29,31)/b28-15-. The van der Waals surface area contributed by atoms with Crippen LogP contribution in [0.2, 0.25) is 0 Å². The number of hydrogen-bond acceptors (Lipinski definition) is 4. The summed E-state index contributed by atoms with van der Waals surface area (Å²) in [4.78, 5) is 24.1. The Balaban J connectivity index is 1.50. The highest BCUT2D eigenvalue weighted by atomic mass is 19.4. The summed E-state index contributed by atoms with van der Waals surface area (Å²) in [5, 5.41) is 8.06. The summed E-state index contributed by atoms with van der Waals surface area (Å²) in [5.74, 6) is -0.526. The van der Waals surface area contributed by atoms with Crippen LogP contribution in [0.15, 0.2) is 71.8 Å². The van der Waals surface area contributed by atoms with E-state index in [-0.39, 0.29) is 24.4 Å². The molecule has 0 spiro atoms. The number of fused-ring (bicyclic) bond motifs is 1. The summed E-state index contributed by atoms with van der Waals surface area (Å²) < 4.78 is 43.8. The number of rotatable bonds is 7. The minimum absolute atomic E-state index is 0.0187. The van der Waals surface area contributed by atoms with E-state index >= 15 is 0 Å². The first-order chi connectivity index (χ1) is 15.2. The van der Waals surface area contributed by atoms with Gasteiger partial charge in [-0.15, -0.1) is 0 Å². The van der Waals surface area contributed by atoms with Crippen LogP contribution >= 0.6 is 0 Å². The molecule has 32 heavy (non-hydrogen) atoms. The number of benzene rings is 3. The average molecular weight is 443 g/mol. The molecule has 0 unspecified atom stereocenters. The van der Waals surface area contributed by atoms with E-state index in [1.165, 1.54) is 19.1 Å². The molecule has 166 valence electrons. The van der Waals surface area contributed by atoms with Crippen LogP contribution in [0.1, 0.15) is 18.9 Å². The zero-order valence-electron chi connectivity index (χ0n) is 17.1. The molecule has 0 fully saturated rings. The fourth-order valence-corrected chi connectivity index (χ4v) is 2.91. The van der Waals surface area contributed by atoms with Crippen LogP contribution in [0.25, 0.3) is 10.8 Å². The van der Waals surface area contributed by atoms with E-state index in [1.54, 1.807) is 6.07 Å². The van der Waals surface area contributed by atoms with Gasteiger partial charge in [-0.1, -0.05) is 42.5 Å². The van der Waals surface area contributed by atoms with Crippen molar-refractivity contribution in [3.05, 3.63) is 72.3 Å². The molecular weight excluding hydrogens is 423 g/mol. The van der Waals surface area contributed by atoms with Gasteiger partial charge >= 0.3 is 6.18 Å². The van der Waals surface area contributed by atoms with Gasteiger partial charge in [0.2, 0.25) is 5.91 Å². The molecule has 0 bridgehead atoms. The second kappa shape index (κ2) is 9.95. The molecule has 0 saturated heterocycles. The average Bonchev–Trinajstić information content (AvgIpc) is 2.75. The highest BCUT2D eigenvalue weighted by molar-refractivity contribution is 6.05. The van der Waals surface area contributed by atoms with Crippen LogP contribution < -0.4 is 15.5 Å². The van der Waals surface area contributed by atoms with Crippen LogP contribution in [0.5, 0.6) is 5.75 Å². The maximum Gasteiger partial charge on any atom is 0.416 e. The molecule has 3 aromatic carbocycles. The van der Waals surface area contributed by atoms with Gasteiger partial charge in [-0.25, -0.2) is 5.43 Å². The van der Waals surface area contributed by atoms with Gasteiger partial charge in [-0.2, -0.15) is 18.3 Å². The molecule has 0 heterocycles. The predicted octanol–water partition coefficient (Wildman–Crippen LogP) is 4.76. The number of hydrogen-bond donors (Lipinski definition) is 2. The number of nitrogens with zero attached hydrogens (tertiary/aromatic N) is 1. The van der Waals surface area contributed by atoms with Gasteiger partial charge in [0.15, 0.2) is 6.61 Å². The van der Waals surface area contributed by atoms with E-state index < -0.39 is 23.6 Å². The summed E-state index contributed by atoms with van der Waals surface area (Å²) in [6.07, 6.45) is -4.71. The molecule has 0 radical (unpaired) electrons. The number of nitrogens with one attached hydrogen (secondary N) is 2. The molecule has 0 aromatic heterocycles. The third-order valence-corrected chi connectivity index (χ3v) is 4.37. The smallest absolute Gasteiger partial charge is 0.416 e. The van der Waals surface area contributed by atoms with Crippen molar-refractivity contribution in [1.29, 1.82) is 0 Å². The first kappa shape index (κ1) is 22.8. The second-order valence-corrected chi connectivity index (χ2v) is 6.95. The van der Waals surface area contributed by atoms with Gasteiger partial charge < -0.3 is 10.1 Å². The van der Waals surface area contributed by atoms with E-state index in [4.69, 9.17) is 4.74 Å². The Labute approximate surface area is 182 Å². The largest absolute Gasteiger partial charge is 0.483 e. The second-order valence-electron chi connectivity index (χ2n) is 6.95. The van der Waals surface area contributed by atoms with E-state index in [9.17, 15) is 22.8 Å². The highest BCUT2D eigenvalue weighted by Gasteiger charge is 2.30. The van der Waals surface area contributed by atoms with Crippen LogP contribution in [0.3, 0.4) is 0 Å². The highest BCUT2D eigenvalue weighted by Crippen LogP contribution is 2.30. The van der Waals surface area contributed by atoms with Crippen molar-refractivity contribution in [3.63, 3.8) is 0 Å². The van der Waals surface area contributed by atoms with Crippen LogP contribution in [0.4, 0.5) is 18.9 Å². The maximum atomic E-state index is 12.8. The lowest BCUT2D eigenvalue weighted by Gasteiger charge is -2.10. The molecule has 3 rings (SSSR count). The van der Waals surface area contributed by atoms with E-state index in [1.807, 2.05) is 36.4 Å². The Bertz CT molecular complexity index is 1150. The molecule has 0 aliphatic carbocycles. The van der Waals surface area contributed by atoms with Crippen molar-refractivity contribution in [2.45, 2.75) is 19.5 Å². The molecule has 0 aliphatic rings. The quantitative estimate of drug-likeness (QED) is 0.408. The zero-order chi connectivity index (χ0) is 23.1. The van der Waals surface area contributed by atoms with Crippen LogP contribution in [-0.2, 0) is 15.8 Å². The fourth-order valence-electron chi connectivity index (χ4n) is 2.91. The number of amides is 2. The first-order valence-corrected chi connectivity index (χ1v) is 9.62. The number of anilines is 1. The van der Waals surface area contributed by atoms with Gasteiger partial charge in [0.25, 0.3) is 5.91 Å². The summed E-state index contributed by atoms with van der Waals surface area (Å²) in [6.45, 7) is 1.23. The molecular formula is C23H20F3N3O3. The minimum Gasteiger partial charge on any atom is -0.483 e. The predicted molar refractivity (Wildman–Crippen MR) is 115 cm³/mol. The van der Waals surface area contributed by atoms with Gasteiger partial charge in [0, 0.05) is 16.8 Å². The number of ether oxygens (including phenoxy) is 1. The summed E-state index contributed by atoms with van der Waals surface area (Å²) in [6, 6.07) is 17.4. The number of carbonyl (C=O) groups excluding carboxylic acids is 2. The Kier molecular flexibility index (Phi) is 7.09. The van der Waals surface area contributed by atoms with Gasteiger partial charge in [-0.3, -0.25) is 9.59 Å². The van der Waals surface area contributed by atoms with Crippen molar-refractivity contribution >= 4 is 34.0 Å². The first-order valence-electron chi connectivity index (χ1n) is 9.62. The summed E-state index contributed by atoms with van der Waals surface area (Å²) in [7, 11) is 0. The number of carbonyl (C=O) groups is 2. The van der Waals surface area contributed by atoms with Crippen molar-refractivity contribution in [3.8, 4) is 5.75 Å². The molecule has 0 atom stereocenters. The third-order valence-electron chi connectivity index (χ3n) is 4.37. The molecule has 9 heteroatoms. The molecule has 2 N–H and O–H groups in total. The molecule has 2 amide bonds. The normalized spacial score (nSPS) is 11.8. The number of halogens is 3. The van der Waals surface area contributed by atoms with Crippen molar-refractivity contribution < 1.29 is 27.5 Å². The SMILES string of the molecule is C/C(CC(=O)Nc1cccc(C(F)(F)F)c1)=N/NC(=O)COc1cccc2ccccc12. The lowest BCUT2D eigenvalue weighted by Crippen LogP contribution is -2.26. The molecule has 0 aliphatic heterocycles. The Morgan fingerprint density at radius 3 is 2.47 bits per heavy atom. The summed E-state index contributed by atoms with van der Waals surface area (Å²) >= 11 is 0. The Hall–Kier alpha value is -3.88. The van der Waals surface area contributed by atoms with E-state index in [0.29, 0.717) is 5.75 Å². The molecule has 0 saturated carbocycles. The molecule has 3 aromatic rings. The topological polar surface area (TPSA) is 79.8 Å². The van der Waals surface area contributed by atoms with Gasteiger partial charge in [0.1, 0.15) is 5.75 Å². The van der Waals surface area contributed by atoms with Crippen LogP contribution in [-0.4, -0.2) is 24.1 Å². The van der Waals surface area contributed by atoms with Gasteiger partial charge in [0.05, 0.1) is 12.0 Å². The number of hydrazone groups is 1. The van der Waals surface area contributed by atoms with Crippen molar-refractivity contribution in [2.24, 2.45) is 5.10 Å². The van der Waals surface area contributed by atoms with E-state index in [0.717, 1.165) is 22.9 Å². The third kappa shape index (κ3) is 6.31. The monoisotopic (exact) mass is 443 g/mol. The lowest BCUT2D eigenvalue weighted by molar-refractivity contribution is -0.137.